The number of aliphatic carboxylic acids is 1. The molecule has 0 atom stereocenters. The summed E-state index contributed by atoms with van der Waals surface area (Å²) in [7, 11) is 0. The molecule has 0 spiro atoms. The summed E-state index contributed by atoms with van der Waals surface area (Å²) in [5.74, 6) is -1.46. The van der Waals surface area contributed by atoms with Crippen molar-refractivity contribution in [2.75, 3.05) is 5.32 Å². The van der Waals surface area contributed by atoms with Gasteiger partial charge in [-0.3, -0.25) is 9.59 Å². The molecule has 7 heteroatoms. The first-order valence-corrected chi connectivity index (χ1v) is 7.56. The van der Waals surface area contributed by atoms with E-state index in [1.165, 1.54) is 0 Å². The van der Waals surface area contributed by atoms with Crippen molar-refractivity contribution in [1.29, 1.82) is 0 Å². The van der Waals surface area contributed by atoms with E-state index in [0.717, 1.165) is 0 Å². The van der Waals surface area contributed by atoms with Crippen LogP contribution in [-0.4, -0.2) is 35.1 Å². The predicted octanol–water partition coefficient (Wildman–Crippen LogP) is 1.81. The van der Waals surface area contributed by atoms with Crippen LogP contribution in [0.1, 0.15) is 37.0 Å². The zero-order valence-corrected chi connectivity index (χ0v) is 13.1. The fourth-order valence-electron chi connectivity index (χ4n) is 2.37. The Morgan fingerprint density at radius 1 is 1.22 bits per heavy atom. The number of carboxylic acids is 1. The molecule has 0 unspecified atom stereocenters. The molecular weight excluding hydrogens is 298 g/mol. The fraction of sp³-hybridized carbons (Fsp3) is 0.438. The highest BCUT2D eigenvalue weighted by atomic mass is 16.4. The third kappa shape index (κ3) is 4.70. The van der Waals surface area contributed by atoms with Gasteiger partial charge >= 0.3 is 12.0 Å². The summed E-state index contributed by atoms with van der Waals surface area (Å²) in [6.45, 7) is 3.71. The smallest absolute Gasteiger partial charge is 0.319 e. The van der Waals surface area contributed by atoms with E-state index >= 15 is 0 Å². The largest absolute Gasteiger partial charge is 0.481 e. The Labute approximate surface area is 134 Å². The summed E-state index contributed by atoms with van der Waals surface area (Å²) in [5, 5.41) is 17.0. The molecule has 4 N–H and O–H groups in total. The molecule has 1 aromatic carbocycles. The highest BCUT2D eigenvalue weighted by Gasteiger charge is 2.35. The van der Waals surface area contributed by atoms with Gasteiger partial charge in [0.1, 0.15) is 0 Å². The number of anilines is 1. The molecule has 1 aliphatic carbocycles. The van der Waals surface area contributed by atoms with Crippen molar-refractivity contribution in [3.63, 3.8) is 0 Å². The van der Waals surface area contributed by atoms with Gasteiger partial charge < -0.3 is 21.1 Å². The highest BCUT2D eigenvalue weighted by Crippen LogP contribution is 2.27. The van der Waals surface area contributed by atoms with Crippen molar-refractivity contribution >= 4 is 23.6 Å². The van der Waals surface area contributed by atoms with Crippen LogP contribution in [0, 0.1) is 5.92 Å². The fourth-order valence-corrected chi connectivity index (χ4v) is 2.37. The Hall–Kier alpha value is -2.57. The van der Waals surface area contributed by atoms with E-state index in [1.807, 2.05) is 13.8 Å². The first kappa shape index (κ1) is 16.8. The monoisotopic (exact) mass is 319 g/mol. The van der Waals surface area contributed by atoms with Crippen LogP contribution in [-0.2, 0) is 4.79 Å². The standard InChI is InChI=1S/C16H21N3O4/c1-9(2)17-16(23)19-12-5-3-4-10(6-12)14(20)18-13-7-11(8-13)15(21)22/h3-6,9,11,13H,7-8H2,1-2H3,(H,18,20)(H,21,22)(H2,17,19,23). The molecule has 0 aliphatic heterocycles. The van der Waals surface area contributed by atoms with Crippen molar-refractivity contribution in [1.82, 2.24) is 10.6 Å². The number of amides is 3. The quantitative estimate of drug-likeness (QED) is 0.664. The Morgan fingerprint density at radius 2 is 1.91 bits per heavy atom. The summed E-state index contributed by atoms with van der Waals surface area (Å²) in [6.07, 6.45) is 0.908. The Balaban J connectivity index is 1.90. The summed E-state index contributed by atoms with van der Waals surface area (Å²) < 4.78 is 0. The molecule has 1 aliphatic rings. The van der Waals surface area contributed by atoms with Crippen LogP contribution in [0.4, 0.5) is 10.5 Å². The van der Waals surface area contributed by atoms with Crippen molar-refractivity contribution in [3.05, 3.63) is 29.8 Å². The molecule has 23 heavy (non-hydrogen) atoms. The highest BCUT2D eigenvalue weighted by molar-refractivity contribution is 5.97. The molecule has 124 valence electrons. The van der Waals surface area contributed by atoms with Crippen LogP contribution in [0.5, 0.6) is 0 Å². The summed E-state index contributed by atoms with van der Waals surface area (Å²) in [4.78, 5) is 34.6. The Morgan fingerprint density at radius 3 is 2.52 bits per heavy atom. The first-order valence-electron chi connectivity index (χ1n) is 7.56. The van der Waals surface area contributed by atoms with Crippen LogP contribution in [0.2, 0.25) is 0 Å². The number of hydrogen-bond acceptors (Lipinski definition) is 3. The molecule has 2 rings (SSSR count). The normalized spacial score (nSPS) is 19.6. The number of urea groups is 1. The van der Waals surface area contributed by atoms with Gasteiger partial charge in [0.2, 0.25) is 0 Å². The SMILES string of the molecule is CC(C)NC(=O)Nc1cccc(C(=O)NC2CC(C(=O)O)C2)c1. The van der Waals surface area contributed by atoms with E-state index in [4.69, 9.17) is 5.11 Å². The summed E-state index contributed by atoms with van der Waals surface area (Å²) >= 11 is 0. The zero-order chi connectivity index (χ0) is 17.0. The van der Waals surface area contributed by atoms with Gasteiger partial charge in [-0.25, -0.2) is 4.79 Å². The van der Waals surface area contributed by atoms with Crippen molar-refractivity contribution < 1.29 is 19.5 Å². The average Bonchev–Trinajstić information content (AvgIpc) is 2.40. The van der Waals surface area contributed by atoms with E-state index in [0.29, 0.717) is 24.1 Å². The van der Waals surface area contributed by atoms with Crippen LogP contribution in [0.15, 0.2) is 24.3 Å². The molecule has 0 radical (unpaired) electrons. The number of carbonyl (C=O) groups is 3. The summed E-state index contributed by atoms with van der Waals surface area (Å²) in [5.41, 5.74) is 0.943. The average molecular weight is 319 g/mol. The molecule has 3 amide bonds. The number of nitrogens with one attached hydrogen (secondary N) is 3. The van der Waals surface area contributed by atoms with E-state index in [1.54, 1.807) is 24.3 Å². The summed E-state index contributed by atoms with van der Waals surface area (Å²) in [6, 6.07) is 6.19. The van der Waals surface area contributed by atoms with Crippen LogP contribution in [0.3, 0.4) is 0 Å². The minimum absolute atomic E-state index is 0.0160. The molecule has 0 aromatic heterocycles. The number of rotatable bonds is 5. The van der Waals surface area contributed by atoms with Gasteiger partial charge in [0, 0.05) is 23.3 Å². The molecule has 0 bridgehead atoms. The third-order valence-corrected chi connectivity index (χ3v) is 3.62. The van der Waals surface area contributed by atoms with Gasteiger partial charge in [-0.15, -0.1) is 0 Å². The van der Waals surface area contributed by atoms with E-state index < -0.39 is 5.97 Å². The number of carboxylic acid groups (broad SMARTS) is 1. The third-order valence-electron chi connectivity index (χ3n) is 3.62. The van der Waals surface area contributed by atoms with Gasteiger partial charge in [0.05, 0.1) is 5.92 Å². The van der Waals surface area contributed by atoms with Crippen LogP contribution >= 0.6 is 0 Å². The molecule has 0 heterocycles. The zero-order valence-electron chi connectivity index (χ0n) is 13.1. The van der Waals surface area contributed by atoms with Crippen molar-refractivity contribution in [2.45, 2.75) is 38.8 Å². The van der Waals surface area contributed by atoms with Crippen molar-refractivity contribution in [2.24, 2.45) is 5.92 Å². The van der Waals surface area contributed by atoms with Gasteiger partial charge in [-0.2, -0.15) is 0 Å². The van der Waals surface area contributed by atoms with Crippen LogP contribution < -0.4 is 16.0 Å². The van der Waals surface area contributed by atoms with Crippen LogP contribution in [0.25, 0.3) is 0 Å². The minimum atomic E-state index is -0.821. The maximum Gasteiger partial charge on any atom is 0.319 e. The maximum absolute atomic E-state index is 12.2. The number of hydrogen-bond donors (Lipinski definition) is 4. The molecular formula is C16H21N3O4. The first-order chi connectivity index (χ1) is 10.8. The molecule has 1 aromatic rings. The topological polar surface area (TPSA) is 108 Å². The lowest BCUT2D eigenvalue weighted by atomic mass is 9.80. The predicted molar refractivity (Wildman–Crippen MR) is 85.3 cm³/mol. The lowest BCUT2D eigenvalue weighted by Crippen LogP contribution is -2.46. The van der Waals surface area contributed by atoms with E-state index in [-0.39, 0.29) is 29.9 Å². The van der Waals surface area contributed by atoms with Gasteiger partial charge in [-0.05, 0) is 44.9 Å². The molecule has 0 saturated heterocycles. The molecule has 7 nitrogen and oxygen atoms in total. The second kappa shape index (κ2) is 7.13. The molecule has 1 saturated carbocycles. The van der Waals surface area contributed by atoms with E-state index in [2.05, 4.69) is 16.0 Å². The van der Waals surface area contributed by atoms with E-state index in [9.17, 15) is 14.4 Å². The maximum atomic E-state index is 12.2. The van der Waals surface area contributed by atoms with Gasteiger partial charge in [0.15, 0.2) is 0 Å². The Bertz CT molecular complexity index is 609. The second-order valence-electron chi connectivity index (χ2n) is 6.01. The molecule has 1 fully saturated rings. The number of benzene rings is 1. The lowest BCUT2D eigenvalue weighted by molar-refractivity contribution is -0.145. The minimum Gasteiger partial charge on any atom is -0.481 e. The van der Waals surface area contributed by atoms with Gasteiger partial charge in [-0.1, -0.05) is 6.07 Å². The second-order valence-corrected chi connectivity index (χ2v) is 6.01. The number of carbonyl (C=O) groups excluding carboxylic acids is 2. The lowest BCUT2D eigenvalue weighted by Gasteiger charge is -2.32. The van der Waals surface area contributed by atoms with Crippen molar-refractivity contribution in [3.8, 4) is 0 Å². The van der Waals surface area contributed by atoms with Gasteiger partial charge in [0.25, 0.3) is 5.91 Å². The Kier molecular flexibility index (Phi) is 5.20.